The lowest BCUT2D eigenvalue weighted by molar-refractivity contribution is 0.108. The predicted molar refractivity (Wildman–Crippen MR) is 86.0 cm³/mol. The van der Waals surface area contributed by atoms with E-state index in [0.717, 1.165) is 5.56 Å². The number of hydrogen-bond donors (Lipinski definition) is 2. The van der Waals surface area contributed by atoms with Crippen LogP contribution in [-0.2, 0) is 0 Å². The number of aliphatic hydroxyl groups is 1. The molecule has 2 rings (SSSR count). The van der Waals surface area contributed by atoms with E-state index in [1.807, 2.05) is 30.3 Å². The summed E-state index contributed by atoms with van der Waals surface area (Å²) in [6.45, 7) is 0.174. The number of benzene rings is 2. The molecule has 0 aliphatic rings. The lowest BCUT2D eigenvalue weighted by Gasteiger charge is -2.14. The topological polar surface area (TPSA) is 61.8 Å². The number of anilines is 1. The Morgan fingerprint density at radius 3 is 2.36 bits per heavy atom. The van der Waals surface area contributed by atoms with Crippen LogP contribution in [0.3, 0.4) is 0 Å². The van der Waals surface area contributed by atoms with Crippen molar-refractivity contribution in [3.8, 4) is 5.75 Å². The molecule has 0 saturated carbocycles. The number of urea groups is 1. The molecule has 2 N–H and O–H groups in total. The van der Waals surface area contributed by atoms with E-state index in [9.17, 15) is 9.90 Å². The third-order valence-electron chi connectivity index (χ3n) is 3.10. The van der Waals surface area contributed by atoms with Gasteiger partial charge in [0.05, 0.1) is 0 Å². The molecule has 5 nitrogen and oxygen atoms in total. The zero-order valence-electron chi connectivity index (χ0n) is 12.7. The summed E-state index contributed by atoms with van der Waals surface area (Å²) < 4.78 is 5.56. The molecule has 5 heteroatoms. The van der Waals surface area contributed by atoms with Gasteiger partial charge in [0.2, 0.25) is 0 Å². The van der Waals surface area contributed by atoms with Crippen LogP contribution in [0, 0.1) is 0 Å². The number of aliphatic hydroxyl groups excluding tert-OH is 1. The van der Waals surface area contributed by atoms with Crippen LogP contribution in [0.15, 0.2) is 54.6 Å². The molecule has 2 aromatic carbocycles. The van der Waals surface area contributed by atoms with Gasteiger partial charge in [-0.2, -0.15) is 0 Å². The maximum absolute atomic E-state index is 11.5. The van der Waals surface area contributed by atoms with Gasteiger partial charge >= 0.3 is 6.03 Å². The molecule has 0 fully saturated rings. The molecule has 0 aliphatic carbocycles. The molecular weight excluding hydrogens is 280 g/mol. The molecule has 0 aromatic heterocycles. The fourth-order valence-electron chi connectivity index (χ4n) is 1.82. The highest BCUT2D eigenvalue weighted by atomic mass is 16.5. The fraction of sp³-hybridized carbons (Fsp3) is 0.235. The van der Waals surface area contributed by atoms with Gasteiger partial charge in [0.15, 0.2) is 0 Å². The van der Waals surface area contributed by atoms with Crippen molar-refractivity contribution < 1.29 is 14.6 Å². The summed E-state index contributed by atoms with van der Waals surface area (Å²) >= 11 is 0. The minimum atomic E-state index is -0.672. The van der Waals surface area contributed by atoms with Gasteiger partial charge in [0.1, 0.15) is 18.5 Å². The van der Waals surface area contributed by atoms with Gasteiger partial charge in [-0.1, -0.05) is 30.3 Å². The van der Waals surface area contributed by atoms with E-state index in [-0.39, 0.29) is 12.6 Å². The fourth-order valence-corrected chi connectivity index (χ4v) is 1.82. The first kappa shape index (κ1) is 15.9. The van der Waals surface area contributed by atoms with E-state index in [2.05, 4.69) is 5.32 Å². The van der Waals surface area contributed by atoms with Crippen molar-refractivity contribution in [1.29, 1.82) is 0 Å². The molecule has 0 heterocycles. The highest BCUT2D eigenvalue weighted by Crippen LogP contribution is 2.18. The third kappa shape index (κ3) is 4.49. The van der Waals surface area contributed by atoms with Gasteiger partial charge in [0, 0.05) is 19.8 Å². The molecule has 0 bridgehead atoms. The second-order valence-electron chi connectivity index (χ2n) is 5.09. The summed E-state index contributed by atoms with van der Waals surface area (Å²) in [7, 11) is 3.36. The predicted octanol–water partition coefficient (Wildman–Crippen LogP) is 2.89. The maximum Gasteiger partial charge on any atom is 0.321 e. The lowest BCUT2D eigenvalue weighted by atomic mass is 10.1. The number of carbonyl (C=O) groups excluding carboxylic acids is 1. The molecule has 0 spiro atoms. The van der Waals surface area contributed by atoms with E-state index in [1.165, 1.54) is 4.90 Å². The van der Waals surface area contributed by atoms with Crippen molar-refractivity contribution in [2.75, 3.05) is 26.0 Å². The largest absolute Gasteiger partial charge is 0.491 e. The molecule has 0 aliphatic heterocycles. The molecule has 1 atom stereocenters. The second-order valence-corrected chi connectivity index (χ2v) is 5.09. The van der Waals surface area contributed by atoms with E-state index in [0.29, 0.717) is 11.4 Å². The number of ether oxygens (including phenoxy) is 1. The van der Waals surface area contributed by atoms with Crippen molar-refractivity contribution in [2.24, 2.45) is 0 Å². The van der Waals surface area contributed by atoms with Crippen LogP contribution < -0.4 is 10.1 Å². The molecule has 2 amide bonds. The van der Waals surface area contributed by atoms with Gasteiger partial charge in [-0.05, 0) is 29.8 Å². The van der Waals surface area contributed by atoms with Crippen LogP contribution in [0.25, 0.3) is 0 Å². The summed E-state index contributed by atoms with van der Waals surface area (Å²) in [5.41, 5.74) is 1.51. The first-order valence-electron chi connectivity index (χ1n) is 7.00. The average molecular weight is 300 g/mol. The van der Waals surface area contributed by atoms with Gasteiger partial charge in [-0.15, -0.1) is 0 Å². The van der Waals surface area contributed by atoms with Crippen molar-refractivity contribution in [3.05, 3.63) is 60.2 Å². The van der Waals surface area contributed by atoms with E-state index >= 15 is 0 Å². The average Bonchev–Trinajstić information content (AvgIpc) is 2.54. The summed E-state index contributed by atoms with van der Waals surface area (Å²) in [4.78, 5) is 13.0. The molecule has 22 heavy (non-hydrogen) atoms. The molecular formula is C17H20N2O3. The summed E-state index contributed by atoms with van der Waals surface area (Å²) in [5.74, 6) is 0.637. The smallest absolute Gasteiger partial charge is 0.321 e. The van der Waals surface area contributed by atoms with Crippen molar-refractivity contribution in [1.82, 2.24) is 4.90 Å². The summed E-state index contributed by atoms with van der Waals surface area (Å²) in [6.07, 6.45) is -0.672. The number of amides is 2. The Hall–Kier alpha value is -2.53. The van der Waals surface area contributed by atoms with Crippen molar-refractivity contribution in [3.63, 3.8) is 0 Å². The van der Waals surface area contributed by atoms with Crippen LogP contribution >= 0.6 is 0 Å². The zero-order valence-corrected chi connectivity index (χ0v) is 12.7. The Labute approximate surface area is 130 Å². The maximum atomic E-state index is 11.5. The van der Waals surface area contributed by atoms with Crippen LogP contribution in [-0.4, -0.2) is 36.7 Å². The lowest BCUT2D eigenvalue weighted by Crippen LogP contribution is -2.27. The van der Waals surface area contributed by atoms with Crippen LogP contribution in [0.1, 0.15) is 11.7 Å². The first-order valence-corrected chi connectivity index (χ1v) is 7.00. The van der Waals surface area contributed by atoms with Crippen LogP contribution in [0.2, 0.25) is 0 Å². The molecule has 1 unspecified atom stereocenters. The monoisotopic (exact) mass is 300 g/mol. The molecule has 0 saturated heterocycles. The Kier molecular flexibility index (Phi) is 5.38. The molecule has 0 radical (unpaired) electrons. The highest BCUT2D eigenvalue weighted by molar-refractivity contribution is 5.88. The quantitative estimate of drug-likeness (QED) is 0.892. The Morgan fingerprint density at radius 1 is 1.14 bits per heavy atom. The number of hydrogen-bond acceptors (Lipinski definition) is 3. The Balaban J connectivity index is 1.88. The zero-order chi connectivity index (χ0) is 15.9. The highest BCUT2D eigenvalue weighted by Gasteiger charge is 2.08. The Morgan fingerprint density at radius 2 is 1.77 bits per heavy atom. The van der Waals surface area contributed by atoms with Crippen molar-refractivity contribution >= 4 is 11.7 Å². The normalized spacial score (nSPS) is 11.6. The van der Waals surface area contributed by atoms with Crippen LogP contribution in [0.4, 0.5) is 10.5 Å². The molecule has 2 aromatic rings. The van der Waals surface area contributed by atoms with Crippen molar-refractivity contribution in [2.45, 2.75) is 6.10 Å². The Bertz CT molecular complexity index is 597. The summed E-state index contributed by atoms with van der Waals surface area (Å²) in [6, 6.07) is 16.2. The molecule has 116 valence electrons. The van der Waals surface area contributed by atoms with E-state index in [1.54, 1.807) is 38.4 Å². The van der Waals surface area contributed by atoms with Crippen LogP contribution in [0.5, 0.6) is 5.75 Å². The number of rotatable bonds is 5. The third-order valence-corrected chi connectivity index (χ3v) is 3.10. The van der Waals surface area contributed by atoms with Gasteiger partial charge in [-0.3, -0.25) is 0 Å². The SMILES string of the molecule is CN(C)C(=O)Nc1ccc(OCC(O)c2ccccc2)cc1. The van der Waals surface area contributed by atoms with Gasteiger partial charge in [0.25, 0.3) is 0 Å². The number of nitrogens with zero attached hydrogens (tertiary/aromatic N) is 1. The van der Waals surface area contributed by atoms with E-state index in [4.69, 9.17) is 4.74 Å². The minimum absolute atomic E-state index is 0.174. The number of nitrogens with one attached hydrogen (secondary N) is 1. The summed E-state index contributed by atoms with van der Waals surface area (Å²) in [5, 5.41) is 12.8. The number of carbonyl (C=O) groups is 1. The minimum Gasteiger partial charge on any atom is -0.491 e. The first-order chi connectivity index (χ1) is 10.6. The second kappa shape index (κ2) is 7.47. The van der Waals surface area contributed by atoms with Gasteiger partial charge in [-0.25, -0.2) is 4.79 Å². The van der Waals surface area contributed by atoms with Gasteiger partial charge < -0.3 is 20.1 Å². The standard InChI is InChI=1S/C17H20N2O3/c1-19(2)17(21)18-14-8-10-15(11-9-14)22-12-16(20)13-6-4-3-5-7-13/h3-11,16,20H,12H2,1-2H3,(H,18,21). The van der Waals surface area contributed by atoms with E-state index < -0.39 is 6.10 Å².